The molecule has 5 aromatic carbocycles. The van der Waals surface area contributed by atoms with Gasteiger partial charge < -0.3 is 14.2 Å². The minimum absolute atomic E-state index is 0.00626. The Bertz CT molecular complexity index is 2420. The number of rotatable bonds is 2. The van der Waals surface area contributed by atoms with Crippen molar-refractivity contribution in [1.82, 2.24) is 0 Å². The van der Waals surface area contributed by atoms with E-state index in [1.807, 2.05) is 0 Å². The van der Waals surface area contributed by atoms with Crippen molar-refractivity contribution in [2.45, 2.75) is 98.3 Å². The number of nitrogens with zero attached hydrogens (tertiary/aromatic N) is 2. The summed E-state index contributed by atoms with van der Waals surface area (Å²) in [5, 5.41) is 1.21. The maximum atomic E-state index is 7.38. The zero-order chi connectivity index (χ0) is 35.8. The van der Waals surface area contributed by atoms with Crippen molar-refractivity contribution in [1.29, 1.82) is 0 Å². The molecule has 4 heteroatoms. The Balaban J connectivity index is 1.45. The predicted molar refractivity (Wildman–Crippen MR) is 218 cm³/mol. The molecule has 1 aromatic heterocycles. The van der Waals surface area contributed by atoms with E-state index in [4.69, 9.17) is 4.42 Å². The molecule has 0 fully saturated rings. The van der Waals surface area contributed by atoms with E-state index < -0.39 is 0 Å². The minimum Gasteiger partial charge on any atom is -0.468 e. The summed E-state index contributed by atoms with van der Waals surface area (Å²) in [6, 6.07) is 34.6. The Morgan fingerprint density at radius 1 is 0.627 bits per heavy atom. The number of anilines is 6. The molecule has 0 radical (unpaired) electrons. The summed E-state index contributed by atoms with van der Waals surface area (Å²) >= 11 is 0. The van der Waals surface area contributed by atoms with E-state index in [-0.39, 0.29) is 23.0 Å². The van der Waals surface area contributed by atoms with Gasteiger partial charge in [-0.25, -0.2) is 0 Å². The van der Waals surface area contributed by atoms with Gasteiger partial charge in [-0.15, -0.1) is 0 Å². The van der Waals surface area contributed by atoms with Crippen LogP contribution in [0.2, 0.25) is 0 Å². The van der Waals surface area contributed by atoms with E-state index in [1.54, 1.807) is 0 Å². The number of hydrogen-bond acceptors (Lipinski definition) is 3. The second kappa shape index (κ2) is 10.7. The summed E-state index contributed by atoms with van der Waals surface area (Å²) in [4.78, 5) is 5.06. The van der Waals surface area contributed by atoms with Crippen LogP contribution < -0.4 is 26.4 Å². The van der Waals surface area contributed by atoms with Crippen LogP contribution in [0.4, 0.5) is 34.1 Å². The fourth-order valence-corrected chi connectivity index (χ4v) is 9.29. The maximum Gasteiger partial charge on any atom is 0.297 e. The van der Waals surface area contributed by atoms with Gasteiger partial charge in [0.2, 0.25) is 0 Å². The normalized spacial score (nSPS) is 16.9. The van der Waals surface area contributed by atoms with Crippen molar-refractivity contribution in [3.63, 3.8) is 0 Å². The van der Waals surface area contributed by atoms with E-state index in [2.05, 4.69) is 170 Å². The molecular weight excluding hydrogens is 619 g/mol. The largest absolute Gasteiger partial charge is 0.468 e. The summed E-state index contributed by atoms with van der Waals surface area (Å²) < 4.78 is 7.38. The molecule has 0 bridgehead atoms. The van der Waals surface area contributed by atoms with Gasteiger partial charge in [-0.1, -0.05) is 97.0 Å². The average molecular weight is 669 g/mol. The highest BCUT2D eigenvalue weighted by Gasteiger charge is 2.48. The highest BCUT2D eigenvalue weighted by Crippen LogP contribution is 2.52. The maximum absolute atomic E-state index is 7.38. The molecule has 3 aliphatic rings. The van der Waals surface area contributed by atoms with E-state index in [0.29, 0.717) is 0 Å². The Kier molecular flexibility index (Phi) is 6.74. The van der Waals surface area contributed by atoms with Gasteiger partial charge in [-0.3, -0.25) is 0 Å². The third-order valence-electron chi connectivity index (χ3n) is 12.4. The fraction of sp³-hybridized carbons (Fsp3) is 0.319. The molecule has 0 saturated heterocycles. The summed E-state index contributed by atoms with van der Waals surface area (Å²) in [7, 11) is 0. The molecule has 0 saturated carbocycles. The van der Waals surface area contributed by atoms with Crippen LogP contribution in [0.15, 0.2) is 95.4 Å². The molecule has 1 aliphatic carbocycles. The van der Waals surface area contributed by atoms with E-state index in [0.717, 1.165) is 11.2 Å². The molecular formula is C47H49BN2O. The Morgan fingerprint density at radius 2 is 1.20 bits per heavy atom. The first-order valence-corrected chi connectivity index (χ1v) is 18.8. The number of furan rings is 1. The lowest BCUT2D eigenvalue weighted by molar-refractivity contribution is 0.332. The van der Waals surface area contributed by atoms with Crippen molar-refractivity contribution in [2.24, 2.45) is 0 Å². The highest BCUT2D eigenvalue weighted by atomic mass is 16.3. The second-order valence-corrected chi connectivity index (χ2v) is 17.9. The molecule has 3 nitrogen and oxygen atoms in total. The zero-order valence-electron chi connectivity index (χ0n) is 32.0. The van der Waals surface area contributed by atoms with Crippen LogP contribution >= 0.6 is 0 Å². The van der Waals surface area contributed by atoms with Crippen molar-refractivity contribution in [2.75, 3.05) is 9.80 Å². The first kappa shape index (κ1) is 32.2. The van der Waals surface area contributed by atoms with Gasteiger partial charge in [0.15, 0.2) is 0 Å². The van der Waals surface area contributed by atoms with Gasteiger partial charge in [-0.05, 0) is 137 Å². The standard InChI is InChI=1S/C47H49BN2O/c1-28-23-39-42-40(24-28)50(37-18-14-12-16-30(37)3)43-32-26-33-34(47(9,10)22-21-46(33,7)8)27-41(32)51-44(43)48(42)35-25-31(45(4,5)6)19-20-38(35)49(39)36-17-13-11-15-29(36)2/h11-20,23-27H,21-22H2,1-10H3. The fourth-order valence-electron chi connectivity index (χ4n) is 9.29. The van der Waals surface area contributed by atoms with Gasteiger partial charge in [0.1, 0.15) is 5.58 Å². The minimum atomic E-state index is -0.0612. The number of hydrogen-bond donors (Lipinski definition) is 0. The number of benzene rings is 5. The van der Waals surface area contributed by atoms with E-state index >= 15 is 0 Å². The first-order chi connectivity index (χ1) is 24.2. The summed E-state index contributed by atoms with van der Waals surface area (Å²) in [5.41, 5.74) is 20.1. The molecule has 9 rings (SSSR count). The molecule has 0 unspecified atom stereocenters. The second-order valence-electron chi connectivity index (χ2n) is 17.9. The van der Waals surface area contributed by atoms with Crippen molar-refractivity contribution < 1.29 is 4.42 Å². The SMILES string of the molecule is Cc1cc2c3c(c1)N(c1ccccc1C)c1c(oc4cc5c(cc14)C(C)(C)CCC5(C)C)B3c1cc(C(C)(C)C)ccc1N2c1ccccc1C. The van der Waals surface area contributed by atoms with Crippen molar-refractivity contribution >= 4 is 68.4 Å². The lowest BCUT2D eigenvalue weighted by atomic mass is 9.35. The summed E-state index contributed by atoms with van der Waals surface area (Å²) in [6.45, 7) is 23.3. The quantitative estimate of drug-likeness (QED) is 0.171. The van der Waals surface area contributed by atoms with E-state index in [9.17, 15) is 0 Å². The van der Waals surface area contributed by atoms with Gasteiger partial charge in [0.25, 0.3) is 6.71 Å². The molecule has 3 heterocycles. The molecule has 256 valence electrons. The van der Waals surface area contributed by atoms with Crippen LogP contribution in [0.5, 0.6) is 0 Å². The highest BCUT2D eigenvalue weighted by molar-refractivity contribution is 7.00. The molecule has 0 amide bonds. The smallest absolute Gasteiger partial charge is 0.297 e. The molecule has 0 spiro atoms. The summed E-state index contributed by atoms with van der Waals surface area (Å²) in [6.07, 6.45) is 2.34. The Morgan fingerprint density at radius 3 is 1.80 bits per heavy atom. The van der Waals surface area contributed by atoms with Gasteiger partial charge in [0, 0.05) is 33.8 Å². The number of aryl methyl sites for hydroxylation is 3. The zero-order valence-corrected chi connectivity index (χ0v) is 32.0. The average Bonchev–Trinajstić information content (AvgIpc) is 3.45. The molecule has 0 N–H and O–H groups in total. The van der Waals surface area contributed by atoms with Crippen LogP contribution in [0.3, 0.4) is 0 Å². The molecule has 51 heavy (non-hydrogen) atoms. The van der Waals surface area contributed by atoms with Gasteiger partial charge >= 0.3 is 0 Å². The van der Waals surface area contributed by atoms with Crippen LogP contribution in [-0.4, -0.2) is 6.71 Å². The van der Waals surface area contributed by atoms with Gasteiger partial charge in [-0.2, -0.15) is 0 Å². The topological polar surface area (TPSA) is 19.6 Å². The third-order valence-corrected chi connectivity index (χ3v) is 12.4. The van der Waals surface area contributed by atoms with Crippen LogP contribution in [0, 0.1) is 20.8 Å². The molecule has 0 atom stereocenters. The Labute approximate surface area is 304 Å². The monoisotopic (exact) mass is 668 g/mol. The summed E-state index contributed by atoms with van der Waals surface area (Å²) in [5.74, 6) is 0. The lowest BCUT2D eigenvalue weighted by Gasteiger charge is -2.44. The Hall–Kier alpha value is -4.70. The van der Waals surface area contributed by atoms with Crippen molar-refractivity contribution in [3.05, 3.63) is 124 Å². The first-order valence-electron chi connectivity index (χ1n) is 18.8. The lowest BCUT2D eigenvalue weighted by Crippen LogP contribution is -2.61. The third kappa shape index (κ3) is 4.64. The van der Waals surface area contributed by atoms with Crippen LogP contribution in [0.1, 0.15) is 94.7 Å². The number of para-hydroxylation sites is 2. The van der Waals surface area contributed by atoms with Crippen LogP contribution in [-0.2, 0) is 16.2 Å². The molecule has 2 aliphatic heterocycles. The van der Waals surface area contributed by atoms with E-state index in [1.165, 1.54) is 96.7 Å². The predicted octanol–water partition coefficient (Wildman–Crippen LogP) is 11.1. The number of fused-ring (bicyclic) bond motifs is 7. The van der Waals surface area contributed by atoms with Gasteiger partial charge in [0.05, 0.1) is 11.3 Å². The van der Waals surface area contributed by atoms with Crippen molar-refractivity contribution in [3.8, 4) is 0 Å². The molecule has 6 aromatic rings. The van der Waals surface area contributed by atoms with Crippen LogP contribution in [0.25, 0.3) is 11.0 Å².